The fourth-order valence-corrected chi connectivity index (χ4v) is 1.74. The molecule has 0 spiro atoms. The molecule has 0 bridgehead atoms. The molecule has 3 heteroatoms. The van der Waals surface area contributed by atoms with Crippen LogP contribution in [-0.4, -0.2) is 4.98 Å². The van der Waals surface area contributed by atoms with Crippen molar-refractivity contribution in [2.45, 2.75) is 6.92 Å². The number of halogens is 1. The molecular formula is C10H8BrNO. The topological polar surface area (TPSA) is 32.9 Å². The van der Waals surface area contributed by atoms with Gasteiger partial charge in [0.25, 0.3) is 5.56 Å². The van der Waals surface area contributed by atoms with Gasteiger partial charge in [-0.1, -0.05) is 15.9 Å². The summed E-state index contributed by atoms with van der Waals surface area (Å²) in [5.74, 6) is 0. The van der Waals surface area contributed by atoms with Crippen molar-refractivity contribution in [1.29, 1.82) is 0 Å². The molecule has 0 saturated heterocycles. The number of fused-ring (bicyclic) bond motifs is 1. The number of nitrogens with one attached hydrogen (secondary N) is 1. The Morgan fingerprint density at radius 1 is 1.23 bits per heavy atom. The Hall–Kier alpha value is -1.09. The van der Waals surface area contributed by atoms with E-state index in [1.165, 1.54) is 0 Å². The lowest BCUT2D eigenvalue weighted by atomic mass is 10.1. The zero-order valence-electron chi connectivity index (χ0n) is 7.10. The van der Waals surface area contributed by atoms with Gasteiger partial charge in [-0.2, -0.15) is 0 Å². The van der Waals surface area contributed by atoms with Crippen LogP contribution < -0.4 is 5.56 Å². The van der Waals surface area contributed by atoms with Crippen molar-refractivity contribution in [2.75, 3.05) is 0 Å². The molecule has 0 aliphatic heterocycles. The van der Waals surface area contributed by atoms with Gasteiger partial charge in [-0.05, 0) is 36.1 Å². The number of aromatic amines is 1. The summed E-state index contributed by atoms with van der Waals surface area (Å²) in [5.41, 5.74) is 1.07. The maximum Gasteiger partial charge on any atom is 0.255 e. The van der Waals surface area contributed by atoms with Crippen LogP contribution in [0.2, 0.25) is 0 Å². The fourth-order valence-electron chi connectivity index (χ4n) is 1.39. The molecule has 0 atom stereocenters. The molecule has 1 aromatic carbocycles. The quantitative estimate of drug-likeness (QED) is 0.751. The minimum Gasteiger partial charge on any atom is -0.329 e. The summed E-state index contributed by atoms with van der Waals surface area (Å²) in [6.07, 6.45) is 1.67. The molecule has 1 heterocycles. The van der Waals surface area contributed by atoms with E-state index in [9.17, 15) is 4.79 Å². The standard InChI is InChI=1S/C10H8BrNO/c1-6-7-4-5-12-10(13)8(7)2-3-9(6)11/h2-5H,1H3,(H,12,13). The zero-order valence-corrected chi connectivity index (χ0v) is 8.68. The van der Waals surface area contributed by atoms with Crippen molar-refractivity contribution < 1.29 is 0 Å². The zero-order chi connectivity index (χ0) is 9.42. The van der Waals surface area contributed by atoms with Crippen LogP contribution in [0.4, 0.5) is 0 Å². The summed E-state index contributed by atoms with van der Waals surface area (Å²) in [6.45, 7) is 1.99. The van der Waals surface area contributed by atoms with Crippen molar-refractivity contribution >= 4 is 26.7 Å². The average molecular weight is 238 g/mol. The average Bonchev–Trinajstić information content (AvgIpc) is 2.12. The number of hydrogen-bond donors (Lipinski definition) is 1. The summed E-state index contributed by atoms with van der Waals surface area (Å²) >= 11 is 3.43. The number of aryl methyl sites for hydroxylation is 1. The first-order chi connectivity index (χ1) is 6.20. The minimum absolute atomic E-state index is 0.0342. The lowest BCUT2D eigenvalue weighted by Crippen LogP contribution is -2.04. The van der Waals surface area contributed by atoms with Gasteiger partial charge in [0.1, 0.15) is 0 Å². The van der Waals surface area contributed by atoms with E-state index < -0.39 is 0 Å². The van der Waals surface area contributed by atoms with Crippen molar-refractivity contribution in [3.8, 4) is 0 Å². The third kappa shape index (κ3) is 1.29. The van der Waals surface area contributed by atoms with Gasteiger partial charge in [0.05, 0.1) is 0 Å². The summed E-state index contributed by atoms with van der Waals surface area (Å²) in [7, 11) is 0. The molecule has 0 fully saturated rings. The monoisotopic (exact) mass is 237 g/mol. The number of rotatable bonds is 0. The van der Waals surface area contributed by atoms with Gasteiger partial charge in [-0.3, -0.25) is 4.79 Å². The molecule has 0 unspecified atom stereocenters. The number of benzene rings is 1. The fraction of sp³-hybridized carbons (Fsp3) is 0.100. The number of pyridine rings is 1. The normalized spacial score (nSPS) is 10.6. The maximum absolute atomic E-state index is 11.4. The van der Waals surface area contributed by atoms with Gasteiger partial charge in [0.2, 0.25) is 0 Å². The van der Waals surface area contributed by atoms with Gasteiger partial charge >= 0.3 is 0 Å². The Balaban J connectivity index is 3.03. The third-order valence-electron chi connectivity index (χ3n) is 2.16. The second-order valence-corrected chi connectivity index (χ2v) is 3.79. The van der Waals surface area contributed by atoms with Gasteiger partial charge in [0, 0.05) is 16.1 Å². The number of aromatic nitrogens is 1. The second-order valence-electron chi connectivity index (χ2n) is 2.94. The van der Waals surface area contributed by atoms with Crippen LogP contribution in [0.1, 0.15) is 5.56 Å². The van der Waals surface area contributed by atoms with E-state index >= 15 is 0 Å². The van der Waals surface area contributed by atoms with E-state index in [0.29, 0.717) is 0 Å². The number of hydrogen-bond acceptors (Lipinski definition) is 1. The van der Waals surface area contributed by atoms with E-state index in [1.54, 1.807) is 6.20 Å². The second kappa shape index (κ2) is 3.00. The third-order valence-corrected chi connectivity index (χ3v) is 3.02. The van der Waals surface area contributed by atoms with E-state index in [2.05, 4.69) is 20.9 Å². The summed E-state index contributed by atoms with van der Waals surface area (Å²) in [6, 6.07) is 5.63. The van der Waals surface area contributed by atoms with Crippen LogP contribution >= 0.6 is 15.9 Å². The molecule has 0 aliphatic carbocycles. The lowest BCUT2D eigenvalue weighted by molar-refractivity contribution is 1.27. The molecule has 13 heavy (non-hydrogen) atoms. The molecule has 2 rings (SSSR count). The van der Waals surface area contributed by atoms with E-state index in [4.69, 9.17) is 0 Å². The smallest absolute Gasteiger partial charge is 0.255 e. The summed E-state index contributed by atoms with van der Waals surface area (Å²) < 4.78 is 1.03. The Morgan fingerprint density at radius 3 is 2.77 bits per heavy atom. The first-order valence-corrected chi connectivity index (χ1v) is 4.76. The van der Waals surface area contributed by atoms with Crippen LogP contribution in [0.15, 0.2) is 33.7 Å². The molecular weight excluding hydrogens is 230 g/mol. The Bertz CT molecular complexity index is 516. The van der Waals surface area contributed by atoms with Gasteiger partial charge in [-0.25, -0.2) is 0 Å². The molecule has 2 aromatic rings. The Kier molecular flexibility index (Phi) is 1.96. The molecule has 0 aliphatic rings. The highest BCUT2D eigenvalue weighted by Gasteiger charge is 2.02. The van der Waals surface area contributed by atoms with Crippen molar-refractivity contribution in [1.82, 2.24) is 4.98 Å². The van der Waals surface area contributed by atoms with E-state index in [-0.39, 0.29) is 5.56 Å². The Labute approximate surface area is 83.7 Å². The molecule has 0 radical (unpaired) electrons. The molecule has 1 aromatic heterocycles. The van der Waals surface area contributed by atoms with Gasteiger partial charge < -0.3 is 4.98 Å². The summed E-state index contributed by atoms with van der Waals surface area (Å²) in [5, 5.41) is 1.74. The van der Waals surface area contributed by atoms with Gasteiger partial charge in [0.15, 0.2) is 0 Å². The first kappa shape index (κ1) is 8.51. The van der Waals surface area contributed by atoms with E-state index in [1.807, 2.05) is 25.1 Å². The predicted molar refractivity (Wildman–Crippen MR) is 57.0 cm³/mol. The van der Waals surface area contributed by atoms with Crippen LogP contribution in [0.25, 0.3) is 10.8 Å². The van der Waals surface area contributed by atoms with E-state index in [0.717, 1.165) is 20.8 Å². The molecule has 1 N–H and O–H groups in total. The largest absolute Gasteiger partial charge is 0.329 e. The van der Waals surface area contributed by atoms with Crippen molar-refractivity contribution in [2.24, 2.45) is 0 Å². The SMILES string of the molecule is Cc1c(Br)ccc2c(=O)[nH]ccc12. The van der Waals surface area contributed by atoms with Crippen LogP contribution in [-0.2, 0) is 0 Å². The van der Waals surface area contributed by atoms with Gasteiger partial charge in [-0.15, -0.1) is 0 Å². The van der Waals surface area contributed by atoms with Crippen molar-refractivity contribution in [3.05, 3.63) is 44.8 Å². The first-order valence-electron chi connectivity index (χ1n) is 3.96. The molecule has 0 amide bonds. The minimum atomic E-state index is -0.0342. The van der Waals surface area contributed by atoms with Crippen LogP contribution in [0, 0.1) is 6.92 Å². The highest BCUT2D eigenvalue weighted by molar-refractivity contribution is 9.10. The van der Waals surface area contributed by atoms with Crippen LogP contribution in [0.3, 0.4) is 0 Å². The molecule has 2 nitrogen and oxygen atoms in total. The highest BCUT2D eigenvalue weighted by Crippen LogP contribution is 2.22. The Morgan fingerprint density at radius 2 is 2.00 bits per heavy atom. The molecule has 0 saturated carbocycles. The predicted octanol–water partition coefficient (Wildman–Crippen LogP) is 2.60. The van der Waals surface area contributed by atoms with Crippen molar-refractivity contribution in [3.63, 3.8) is 0 Å². The lowest BCUT2D eigenvalue weighted by Gasteiger charge is -2.02. The highest BCUT2D eigenvalue weighted by atomic mass is 79.9. The van der Waals surface area contributed by atoms with Crippen LogP contribution in [0.5, 0.6) is 0 Å². The number of H-pyrrole nitrogens is 1. The summed E-state index contributed by atoms with van der Waals surface area (Å²) in [4.78, 5) is 14.0. The molecule has 66 valence electrons. The maximum atomic E-state index is 11.4.